The van der Waals surface area contributed by atoms with E-state index < -0.39 is 16.8 Å². The highest BCUT2D eigenvalue weighted by atomic mass is 16.8. The number of hydrogen-bond donors (Lipinski definition) is 1. The van der Waals surface area contributed by atoms with Gasteiger partial charge in [-0.25, -0.2) is 0 Å². The lowest BCUT2D eigenvalue weighted by molar-refractivity contribution is -0.237. The van der Waals surface area contributed by atoms with Crippen LogP contribution < -0.4 is 4.74 Å². The maximum atomic E-state index is 12.0. The summed E-state index contributed by atoms with van der Waals surface area (Å²) in [5, 5.41) is 12.0. The zero-order valence-corrected chi connectivity index (χ0v) is 14.6. The first kappa shape index (κ1) is 14.7. The average molecular weight is 341 g/mol. The maximum Gasteiger partial charge on any atom is 0.227 e. The molecule has 0 saturated carbocycles. The lowest BCUT2D eigenvalue weighted by atomic mass is 9.50. The number of fused-ring (bicyclic) bond motifs is 1. The molecule has 1 aromatic carbocycles. The molecule has 4 atom stereocenters. The molecule has 132 valence electrons. The SMILES string of the molecule is Cc1ccc2c3c1OC1C4(C=CC5(O)C(C2)N(C)CC[C@]315)OCCO4. The van der Waals surface area contributed by atoms with Gasteiger partial charge in [-0.05, 0) is 56.6 Å². The molecule has 1 N–H and O–H groups in total. The van der Waals surface area contributed by atoms with Crippen molar-refractivity contribution in [1.82, 2.24) is 4.90 Å². The van der Waals surface area contributed by atoms with Crippen molar-refractivity contribution in [2.45, 2.75) is 48.7 Å². The quantitative estimate of drug-likeness (QED) is 0.721. The molecule has 5 heteroatoms. The first-order valence-corrected chi connectivity index (χ1v) is 9.22. The molecule has 25 heavy (non-hydrogen) atoms. The van der Waals surface area contributed by atoms with Gasteiger partial charge in [0.25, 0.3) is 0 Å². The molecule has 2 bridgehead atoms. The van der Waals surface area contributed by atoms with Crippen molar-refractivity contribution in [2.75, 3.05) is 26.8 Å². The second-order valence-corrected chi connectivity index (χ2v) is 8.24. The van der Waals surface area contributed by atoms with E-state index in [-0.39, 0.29) is 12.1 Å². The average Bonchev–Trinajstić information content (AvgIpc) is 3.19. The Labute approximate surface area is 147 Å². The van der Waals surface area contributed by atoms with Gasteiger partial charge in [0.2, 0.25) is 5.79 Å². The lowest BCUT2D eigenvalue weighted by Gasteiger charge is -2.62. The Morgan fingerprint density at radius 1 is 1.20 bits per heavy atom. The molecule has 2 saturated heterocycles. The van der Waals surface area contributed by atoms with Crippen LogP contribution in [0.25, 0.3) is 0 Å². The van der Waals surface area contributed by atoms with Crippen LogP contribution in [-0.2, 0) is 21.3 Å². The zero-order chi connectivity index (χ0) is 17.0. The summed E-state index contributed by atoms with van der Waals surface area (Å²) < 4.78 is 18.7. The minimum absolute atomic E-state index is 0.0449. The fourth-order valence-corrected chi connectivity index (χ4v) is 6.12. The van der Waals surface area contributed by atoms with Crippen molar-refractivity contribution in [3.63, 3.8) is 0 Å². The van der Waals surface area contributed by atoms with E-state index in [4.69, 9.17) is 14.2 Å². The standard InChI is InChI=1S/C20H23NO4/c1-12-3-4-13-11-14-19(22)5-6-20(23-9-10-24-20)17-18(19,7-8-21(14)2)15(13)16(12)25-17/h3-6,14,17,22H,7-11H2,1-2H3/t14?,17?,18-,19?/m0/s1. The van der Waals surface area contributed by atoms with Crippen LogP contribution in [0.4, 0.5) is 0 Å². The fourth-order valence-electron chi connectivity index (χ4n) is 6.12. The van der Waals surface area contributed by atoms with Crippen molar-refractivity contribution >= 4 is 0 Å². The molecule has 2 fully saturated rings. The third-order valence-corrected chi connectivity index (χ3v) is 7.27. The number of likely N-dealkylation sites (tertiary alicyclic amines) is 1. The summed E-state index contributed by atoms with van der Waals surface area (Å²) in [5.41, 5.74) is 2.16. The van der Waals surface area contributed by atoms with Gasteiger partial charge in [-0.15, -0.1) is 0 Å². The second kappa shape index (κ2) is 4.29. The fraction of sp³-hybridized carbons (Fsp3) is 0.600. The first-order valence-electron chi connectivity index (χ1n) is 9.22. The number of piperidine rings is 1. The number of aliphatic hydroxyl groups is 1. The zero-order valence-electron chi connectivity index (χ0n) is 14.6. The molecule has 2 aliphatic carbocycles. The highest BCUT2D eigenvalue weighted by molar-refractivity contribution is 5.62. The van der Waals surface area contributed by atoms with Gasteiger partial charge in [-0.2, -0.15) is 0 Å². The number of benzene rings is 1. The van der Waals surface area contributed by atoms with Gasteiger partial charge >= 0.3 is 0 Å². The summed E-state index contributed by atoms with van der Waals surface area (Å²) in [6.45, 7) is 4.14. The van der Waals surface area contributed by atoms with Gasteiger partial charge in [-0.3, -0.25) is 4.90 Å². The Kier molecular flexibility index (Phi) is 2.53. The Hall–Kier alpha value is -1.40. The predicted octanol–water partition coefficient (Wildman–Crippen LogP) is 1.30. The van der Waals surface area contributed by atoms with E-state index in [2.05, 4.69) is 31.0 Å². The van der Waals surface area contributed by atoms with Gasteiger partial charge in [0.1, 0.15) is 11.4 Å². The van der Waals surface area contributed by atoms with Gasteiger partial charge in [0.15, 0.2) is 6.10 Å². The molecule has 0 radical (unpaired) electrons. The monoisotopic (exact) mass is 341 g/mol. The molecule has 5 nitrogen and oxygen atoms in total. The molecule has 6 rings (SSSR count). The van der Waals surface area contributed by atoms with Crippen molar-refractivity contribution < 1.29 is 19.3 Å². The van der Waals surface area contributed by atoms with E-state index in [0.717, 1.165) is 30.7 Å². The van der Waals surface area contributed by atoms with Crippen LogP contribution in [0.15, 0.2) is 24.3 Å². The first-order chi connectivity index (χ1) is 12.0. The van der Waals surface area contributed by atoms with Crippen LogP contribution >= 0.6 is 0 Å². The third-order valence-electron chi connectivity index (χ3n) is 7.27. The minimum Gasteiger partial charge on any atom is -0.483 e. The normalized spacial score (nSPS) is 42.5. The highest BCUT2D eigenvalue weighted by Crippen LogP contribution is 2.65. The molecule has 0 aromatic heterocycles. The second-order valence-electron chi connectivity index (χ2n) is 8.24. The minimum atomic E-state index is -0.961. The van der Waals surface area contributed by atoms with Crippen molar-refractivity contribution in [2.24, 2.45) is 0 Å². The summed E-state index contributed by atoms with van der Waals surface area (Å²) in [5.74, 6) is 0.0540. The maximum absolute atomic E-state index is 12.0. The molecule has 0 amide bonds. The van der Waals surface area contributed by atoms with Crippen LogP contribution in [0, 0.1) is 6.92 Å². The van der Waals surface area contributed by atoms with Crippen molar-refractivity contribution in [1.29, 1.82) is 0 Å². The van der Waals surface area contributed by atoms with Crippen molar-refractivity contribution in [3.05, 3.63) is 41.0 Å². The van der Waals surface area contributed by atoms with Gasteiger partial charge in [0, 0.05) is 11.6 Å². The Bertz CT molecular complexity index is 814. The Morgan fingerprint density at radius 3 is 2.80 bits per heavy atom. The largest absolute Gasteiger partial charge is 0.483 e. The van der Waals surface area contributed by atoms with Crippen LogP contribution in [-0.4, -0.2) is 60.3 Å². The highest BCUT2D eigenvalue weighted by Gasteiger charge is 2.75. The smallest absolute Gasteiger partial charge is 0.227 e. The number of likely N-dealkylation sites (N-methyl/N-ethyl adjacent to an activating group) is 1. The number of hydrogen-bond acceptors (Lipinski definition) is 5. The van der Waals surface area contributed by atoms with E-state index in [1.807, 2.05) is 12.2 Å². The molecule has 2 spiro atoms. The summed E-state index contributed by atoms with van der Waals surface area (Å²) in [6.07, 6.45) is 5.21. The summed E-state index contributed by atoms with van der Waals surface area (Å²) in [4.78, 5) is 2.29. The van der Waals surface area contributed by atoms with E-state index in [9.17, 15) is 5.11 Å². The molecular formula is C20H23NO4. The number of nitrogens with zero attached hydrogens (tertiary/aromatic N) is 1. The summed E-state index contributed by atoms with van der Waals surface area (Å²) >= 11 is 0. The lowest BCUT2D eigenvalue weighted by Crippen LogP contribution is -2.77. The molecular weight excluding hydrogens is 318 g/mol. The topological polar surface area (TPSA) is 51.2 Å². The number of aryl methyl sites for hydroxylation is 1. The van der Waals surface area contributed by atoms with Crippen LogP contribution in [0.2, 0.25) is 0 Å². The predicted molar refractivity (Wildman–Crippen MR) is 90.7 cm³/mol. The molecule has 1 aromatic rings. The summed E-state index contributed by atoms with van der Waals surface area (Å²) in [6, 6.07) is 4.40. The number of rotatable bonds is 0. The van der Waals surface area contributed by atoms with Crippen molar-refractivity contribution in [3.8, 4) is 5.75 Å². The summed E-state index contributed by atoms with van der Waals surface area (Å²) in [7, 11) is 2.11. The molecule has 3 aliphatic heterocycles. The molecule has 5 aliphatic rings. The van der Waals surface area contributed by atoms with Crippen LogP contribution in [0.1, 0.15) is 23.1 Å². The number of ether oxygens (including phenoxy) is 3. The van der Waals surface area contributed by atoms with Gasteiger partial charge in [0.05, 0.1) is 18.6 Å². The van der Waals surface area contributed by atoms with E-state index in [1.165, 1.54) is 11.1 Å². The van der Waals surface area contributed by atoms with E-state index in [1.54, 1.807) is 0 Å². The van der Waals surface area contributed by atoms with Gasteiger partial charge < -0.3 is 19.3 Å². The van der Waals surface area contributed by atoms with Crippen LogP contribution in [0.3, 0.4) is 0 Å². The Balaban J connectivity index is 1.70. The van der Waals surface area contributed by atoms with E-state index >= 15 is 0 Å². The van der Waals surface area contributed by atoms with Gasteiger partial charge in [-0.1, -0.05) is 12.1 Å². The molecule has 3 heterocycles. The Morgan fingerprint density at radius 2 is 2.00 bits per heavy atom. The molecule has 3 unspecified atom stereocenters. The third kappa shape index (κ3) is 1.41. The van der Waals surface area contributed by atoms with Crippen LogP contribution in [0.5, 0.6) is 5.75 Å². The van der Waals surface area contributed by atoms with E-state index in [0.29, 0.717) is 13.2 Å².